The third kappa shape index (κ3) is 3.91. The van der Waals surface area contributed by atoms with Crippen molar-refractivity contribution in [2.45, 2.75) is 28.9 Å². The van der Waals surface area contributed by atoms with Crippen LogP contribution in [0.25, 0.3) is 5.82 Å². The fraction of sp³-hybridized carbons (Fsp3) is 0.211. The number of sulfonamides is 1. The molecule has 1 aromatic carbocycles. The summed E-state index contributed by atoms with van der Waals surface area (Å²) in [4.78, 5) is 15.4. The number of alkyl halides is 3. The molecule has 31 heavy (non-hydrogen) atoms. The molecule has 2 aromatic heterocycles. The predicted molar refractivity (Wildman–Crippen MR) is 101 cm³/mol. The van der Waals surface area contributed by atoms with Crippen LogP contribution in [-0.4, -0.2) is 39.8 Å². The maximum Gasteiger partial charge on any atom is 0.419 e. The van der Waals surface area contributed by atoms with Gasteiger partial charge in [-0.1, -0.05) is 30.3 Å². The smallest absolute Gasteiger partial charge is 0.419 e. The topological polar surface area (TPSA) is 114 Å². The molecule has 0 saturated heterocycles. The summed E-state index contributed by atoms with van der Waals surface area (Å²) in [6, 6.07) is 11.0. The third-order valence-electron chi connectivity index (χ3n) is 5.04. The first kappa shape index (κ1) is 21.0. The van der Waals surface area contributed by atoms with Gasteiger partial charge < -0.3 is 5.11 Å². The highest BCUT2D eigenvalue weighted by Crippen LogP contribution is 2.52. The second-order valence-electron chi connectivity index (χ2n) is 7.07. The number of benzene rings is 1. The maximum absolute atomic E-state index is 12.8. The molecule has 1 fully saturated rings. The Kier molecular flexibility index (Phi) is 4.85. The zero-order valence-electron chi connectivity index (χ0n) is 15.6. The summed E-state index contributed by atoms with van der Waals surface area (Å²) < 4.78 is 66.8. The molecule has 2 N–H and O–H groups in total. The Bertz CT molecular complexity index is 1230. The number of nitrogens with one attached hydrogen (secondary N) is 1. The second kappa shape index (κ2) is 7.17. The maximum atomic E-state index is 12.8. The van der Waals surface area contributed by atoms with Crippen molar-refractivity contribution in [1.29, 1.82) is 0 Å². The number of carboxylic acids is 1. The van der Waals surface area contributed by atoms with E-state index in [1.54, 1.807) is 30.3 Å². The molecule has 0 radical (unpaired) electrons. The van der Waals surface area contributed by atoms with E-state index in [2.05, 4.69) is 14.8 Å². The van der Waals surface area contributed by atoms with Crippen molar-refractivity contribution in [3.8, 4) is 5.82 Å². The van der Waals surface area contributed by atoms with Crippen LogP contribution in [0.3, 0.4) is 0 Å². The zero-order valence-corrected chi connectivity index (χ0v) is 16.4. The van der Waals surface area contributed by atoms with E-state index in [1.807, 2.05) is 0 Å². The van der Waals surface area contributed by atoms with E-state index < -0.39 is 39.2 Å². The molecule has 1 saturated carbocycles. The van der Waals surface area contributed by atoms with Gasteiger partial charge in [0.15, 0.2) is 5.82 Å². The first-order chi connectivity index (χ1) is 14.5. The quantitative estimate of drug-likeness (QED) is 0.594. The molecule has 1 aliphatic carbocycles. The highest BCUT2D eigenvalue weighted by atomic mass is 32.2. The van der Waals surface area contributed by atoms with Crippen molar-refractivity contribution >= 4 is 16.0 Å². The van der Waals surface area contributed by atoms with Gasteiger partial charge in [0.2, 0.25) is 10.0 Å². The van der Waals surface area contributed by atoms with Gasteiger partial charge in [-0.2, -0.15) is 23.0 Å². The third-order valence-corrected chi connectivity index (χ3v) is 6.53. The Morgan fingerprint density at radius 1 is 1.16 bits per heavy atom. The number of carbonyl (C=O) groups is 1. The minimum Gasteiger partial charge on any atom is -0.480 e. The highest BCUT2D eigenvalue weighted by Gasteiger charge is 2.63. The van der Waals surface area contributed by atoms with E-state index in [9.17, 15) is 31.5 Å². The normalized spacial score (nSPS) is 21.1. The molecule has 162 valence electrons. The van der Waals surface area contributed by atoms with Gasteiger partial charge in [0.1, 0.15) is 10.4 Å². The Morgan fingerprint density at radius 3 is 2.42 bits per heavy atom. The summed E-state index contributed by atoms with van der Waals surface area (Å²) in [5.41, 5.74) is -1.96. The summed E-state index contributed by atoms with van der Waals surface area (Å²) in [6.07, 6.45) is -2.20. The number of hydrogen-bond donors (Lipinski definition) is 2. The van der Waals surface area contributed by atoms with Gasteiger partial charge >= 0.3 is 12.1 Å². The van der Waals surface area contributed by atoms with Crippen molar-refractivity contribution in [3.05, 3.63) is 72.2 Å². The minimum atomic E-state index is -4.57. The number of halogens is 3. The van der Waals surface area contributed by atoms with E-state index in [4.69, 9.17) is 0 Å². The number of rotatable bonds is 6. The Morgan fingerprint density at radius 2 is 1.87 bits per heavy atom. The molecule has 0 unspecified atom stereocenters. The lowest BCUT2D eigenvalue weighted by Crippen LogP contribution is -2.44. The second-order valence-corrected chi connectivity index (χ2v) is 8.76. The van der Waals surface area contributed by atoms with Gasteiger partial charge in [0.25, 0.3) is 0 Å². The van der Waals surface area contributed by atoms with Crippen LogP contribution in [0.2, 0.25) is 0 Å². The summed E-state index contributed by atoms with van der Waals surface area (Å²) in [5.74, 6) is -1.86. The molecule has 0 amide bonds. The van der Waals surface area contributed by atoms with Crippen molar-refractivity contribution in [3.63, 3.8) is 0 Å². The molecule has 0 aliphatic heterocycles. The summed E-state index contributed by atoms with van der Waals surface area (Å²) in [7, 11) is -4.26. The van der Waals surface area contributed by atoms with Crippen LogP contribution in [0.4, 0.5) is 13.2 Å². The highest BCUT2D eigenvalue weighted by molar-refractivity contribution is 7.89. The zero-order chi connectivity index (χ0) is 22.4. The van der Waals surface area contributed by atoms with Crippen LogP contribution in [0, 0.1) is 0 Å². The van der Waals surface area contributed by atoms with Crippen molar-refractivity contribution in [2.24, 2.45) is 0 Å². The molecule has 1 aliphatic rings. The molecule has 2 atom stereocenters. The molecule has 0 spiro atoms. The van der Waals surface area contributed by atoms with Gasteiger partial charge in [-0.05, 0) is 24.1 Å². The van der Waals surface area contributed by atoms with Crippen LogP contribution >= 0.6 is 0 Å². The molecule has 3 aromatic rings. The fourth-order valence-corrected chi connectivity index (χ4v) is 4.65. The summed E-state index contributed by atoms with van der Waals surface area (Å²) >= 11 is 0. The van der Waals surface area contributed by atoms with Crippen molar-refractivity contribution < 1.29 is 31.5 Å². The average Bonchev–Trinajstić information content (AvgIpc) is 3.21. The van der Waals surface area contributed by atoms with Crippen LogP contribution in [-0.2, 0) is 21.0 Å². The molecular weight excluding hydrogens is 437 g/mol. The number of aliphatic carboxylic acids is 1. The molecule has 4 rings (SSSR count). The van der Waals surface area contributed by atoms with Gasteiger partial charge in [-0.3, -0.25) is 4.79 Å². The summed E-state index contributed by atoms with van der Waals surface area (Å²) in [5, 5.41) is 13.2. The van der Waals surface area contributed by atoms with E-state index in [0.29, 0.717) is 11.8 Å². The molecule has 2 heterocycles. The Labute approximate surface area is 174 Å². The van der Waals surface area contributed by atoms with Crippen LogP contribution in [0.1, 0.15) is 23.5 Å². The fourth-order valence-electron chi connectivity index (χ4n) is 3.30. The molecule has 12 heteroatoms. The van der Waals surface area contributed by atoms with Crippen molar-refractivity contribution in [1.82, 2.24) is 19.5 Å². The lowest BCUT2D eigenvalue weighted by Gasteiger charge is -2.15. The van der Waals surface area contributed by atoms with E-state index in [1.165, 1.54) is 6.07 Å². The number of pyridine rings is 1. The largest absolute Gasteiger partial charge is 0.480 e. The Hall–Kier alpha value is -3.25. The number of nitrogens with zero attached hydrogens (tertiary/aromatic N) is 3. The van der Waals surface area contributed by atoms with Crippen molar-refractivity contribution in [2.75, 3.05) is 0 Å². The van der Waals surface area contributed by atoms with Gasteiger partial charge in [0, 0.05) is 18.3 Å². The van der Waals surface area contributed by atoms with E-state index in [-0.39, 0.29) is 17.1 Å². The molecular formula is C19H15F3N4O4S. The monoisotopic (exact) mass is 452 g/mol. The standard InChI is InChI=1S/C19H15F3N4O4S/c20-19(21,22)13-9-24-26(11-13)16-7-6-14(10-23-16)31(29,30)25-18(17(27)28)8-15(18)12-4-2-1-3-5-12/h1-7,9-11,15,25H,8H2,(H,27,28)/t15-,18+/m1/s1. The van der Waals surface area contributed by atoms with E-state index >= 15 is 0 Å². The van der Waals surface area contributed by atoms with Crippen LogP contribution < -0.4 is 4.72 Å². The Balaban J connectivity index is 1.56. The van der Waals surface area contributed by atoms with Crippen LogP contribution in [0.5, 0.6) is 0 Å². The van der Waals surface area contributed by atoms with Gasteiger partial charge in [-0.15, -0.1) is 0 Å². The van der Waals surface area contributed by atoms with Crippen LogP contribution in [0.15, 0.2) is 66.0 Å². The van der Waals surface area contributed by atoms with Gasteiger partial charge in [0.05, 0.1) is 11.8 Å². The summed E-state index contributed by atoms with van der Waals surface area (Å²) in [6.45, 7) is 0. The first-order valence-corrected chi connectivity index (χ1v) is 10.4. The number of aromatic nitrogens is 3. The minimum absolute atomic E-state index is 0.0315. The molecule has 0 bridgehead atoms. The predicted octanol–water partition coefficient (Wildman–Crippen LogP) is 2.58. The lowest BCUT2D eigenvalue weighted by atomic mass is 10.1. The number of hydrogen-bond acceptors (Lipinski definition) is 5. The molecule has 8 nitrogen and oxygen atoms in total. The van der Waals surface area contributed by atoms with Gasteiger partial charge in [-0.25, -0.2) is 18.1 Å². The first-order valence-electron chi connectivity index (χ1n) is 8.93. The SMILES string of the molecule is O=C(O)[C@]1(NS(=O)(=O)c2ccc(-n3cc(C(F)(F)F)cn3)nc2)C[C@@H]1c1ccccc1. The lowest BCUT2D eigenvalue weighted by molar-refractivity contribution is -0.140. The number of carboxylic acid groups (broad SMARTS) is 1. The van der Waals surface area contributed by atoms with E-state index in [0.717, 1.165) is 23.1 Å². The average molecular weight is 452 g/mol.